The minimum absolute atomic E-state index is 0. The number of alkyl halides is 6. The van der Waals surface area contributed by atoms with Gasteiger partial charge in [0.1, 0.15) is 12.4 Å². The molecule has 0 saturated carbocycles. The van der Waals surface area contributed by atoms with E-state index in [4.69, 9.17) is 9.47 Å². The Morgan fingerprint density at radius 1 is 0.933 bits per heavy atom. The van der Waals surface area contributed by atoms with E-state index in [0.717, 1.165) is 0 Å². The molecule has 0 aliphatic heterocycles. The van der Waals surface area contributed by atoms with E-state index in [2.05, 4.69) is 0 Å². The molecule has 0 aliphatic rings. The topological polar surface area (TPSA) is 35.5 Å². The van der Waals surface area contributed by atoms with Crippen LogP contribution in [0.3, 0.4) is 0 Å². The molecule has 1 atom stereocenters. The molecule has 0 heterocycles. The molecule has 160 valence electrons. The Bertz CT molecular complexity index is 812. The van der Waals surface area contributed by atoms with Crippen LogP contribution in [0.2, 0.25) is 0 Å². The normalized spacial score (nSPS) is 12.1. The molecular weight excluding hydrogens is 428 g/mol. The molecule has 0 spiro atoms. The van der Waals surface area contributed by atoms with Gasteiger partial charge in [0.05, 0.1) is 17.7 Å². The first-order chi connectivity index (χ1) is 13.5. The van der Waals surface area contributed by atoms with Gasteiger partial charge in [0.2, 0.25) is 0 Å². The first kappa shape index (κ1) is 26.5. The van der Waals surface area contributed by atoms with Crippen molar-refractivity contribution in [2.45, 2.75) is 19.3 Å². The van der Waals surface area contributed by atoms with Crippen molar-refractivity contribution in [2.75, 3.05) is 19.8 Å². The average Bonchev–Trinajstić information content (AvgIpc) is 2.64. The second-order valence-corrected chi connectivity index (χ2v) is 7.03. The van der Waals surface area contributed by atoms with Crippen molar-refractivity contribution in [2.24, 2.45) is 0 Å². The summed E-state index contributed by atoms with van der Waals surface area (Å²) in [6.45, 7) is 3.01. The van der Waals surface area contributed by atoms with E-state index < -0.39 is 43.1 Å². The van der Waals surface area contributed by atoms with Gasteiger partial charge in [0, 0.05) is 12.2 Å². The number of benzene rings is 2. The van der Waals surface area contributed by atoms with Crippen molar-refractivity contribution in [3.63, 3.8) is 0 Å². The van der Waals surface area contributed by atoms with Gasteiger partial charge in [-0.3, -0.25) is 4.79 Å². The van der Waals surface area contributed by atoms with Crippen LogP contribution in [0.1, 0.15) is 29.8 Å². The van der Waals surface area contributed by atoms with Gasteiger partial charge in [-0.05, 0) is 45.1 Å². The molecule has 0 amide bonds. The summed E-state index contributed by atoms with van der Waals surface area (Å²) in [5.41, 5.74) is -5.79. The summed E-state index contributed by atoms with van der Waals surface area (Å²) < 4.78 is 89.7. The van der Waals surface area contributed by atoms with Crippen molar-refractivity contribution >= 4 is 19.4 Å². The maximum Gasteiger partial charge on any atom is 1.00 e. The van der Waals surface area contributed by atoms with Crippen molar-refractivity contribution in [1.29, 1.82) is 0 Å². The van der Waals surface area contributed by atoms with Crippen molar-refractivity contribution in [3.05, 3.63) is 59.2 Å². The van der Waals surface area contributed by atoms with Crippen LogP contribution in [0.4, 0.5) is 26.3 Å². The first-order valence-corrected chi connectivity index (χ1v) is 9.43. The zero-order chi connectivity index (χ0) is 21.7. The Kier molecular flexibility index (Phi) is 9.90. The smallest absolute Gasteiger partial charge is 1.00 e. The van der Waals surface area contributed by atoms with E-state index in [9.17, 15) is 31.1 Å². The molecule has 0 aromatic heterocycles. The standard InChI is InChI=1S/C19H17F6O3P.Li.H/c1-2-27-10-11-28-12-6-8-13(9-7-12)29-17(26)16-14(18(20,21)22)4-3-5-15(16)19(23,24)25;;/h3-9,29H,2,10-11H2,1H3;;/q;+1;-1. The van der Waals surface area contributed by atoms with Crippen molar-refractivity contribution in [1.82, 2.24) is 0 Å². The quantitative estimate of drug-likeness (QED) is 0.271. The van der Waals surface area contributed by atoms with Crippen LogP contribution in [0.5, 0.6) is 5.75 Å². The molecule has 0 N–H and O–H groups in total. The van der Waals surface area contributed by atoms with Gasteiger partial charge >= 0.3 is 31.2 Å². The largest absolute Gasteiger partial charge is 1.00 e. The number of hydrogen-bond acceptors (Lipinski definition) is 3. The van der Waals surface area contributed by atoms with Crippen molar-refractivity contribution < 1.29 is 60.9 Å². The molecule has 1 unspecified atom stereocenters. The maximum absolute atomic E-state index is 13.2. The van der Waals surface area contributed by atoms with Gasteiger partial charge in [0.15, 0.2) is 5.52 Å². The maximum atomic E-state index is 13.2. The fourth-order valence-corrected chi connectivity index (χ4v) is 3.45. The molecular formula is C19H18F6LiO3P. The van der Waals surface area contributed by atoms with Crippen LogP contribution < -0.4 is 28.9 Å². The molecule has 0 bridgehead atoms. The molecule has 2 rings (SSSR count). The molecule has 2 aromatic carbocycles. The Morgan fingerprint density at radius 3 is 1.93 bits per heavy atom. The van der Waals surface area contributed by atoms with Gasteiger partial charge in [-0.2, -0.15) is 26.3 Å². The van der Waals surface area contributed by atoms with Gasteiger partial charge in [0.25, 0.3) is 0 Å². The van der Waals surface area contributed by atoms with Gasteiger partial charge in [-0.1, -0.05) is 18.2 Å². The summed E-state index contributed by atoms with van der Waals surface area (Å²) in [7, 11) is -0.914. The number of ether oxygens (including phenoxy) is 2. The van der Waals surface area contributed by atoms with Gasteiger partial charge in [-0.25, -0.2) is 0 Å². The third-order valence-corrected chi connectivity index (χ3v) is 4.81. The van der Waals surface area contributed by atoms with Crippen LogP contribution in [0, 0.1) is 0 Å². The molecule has 3 nitrogen and oxygen atoms in total. The number of rotatable bonds is 8. The zero-order valence-electron chi connectivity index (χ0n) is 17.2. The predicted octanol–water partition coefficient (Wildman–Crippen LogP) is 2.40. The van der Waals surface area contributed by atoms with Gasteiger partial charge < -0.3 is 10.9 Å². The van der Waals surface area contributed by atoms with Crippen LogP contribution >= 0.6 is 8.58 Å². The molecule has 11 heteroatoms. The zero-order valence-corrected chi connectivity index (χ0v) is 17.2. The minimum Gasteiger partial charge on any atom is -1.00 e. The molecule has 0 saturated heterocycles. The predicted molar refractivity (Wildman–Crippen MR) is 98.3 cm³/mol. The molecule has 0 aliphatic carbocycles. The summed E-state index contributed by atoms with van der Waals surface area (Å²) in [5.74, 6) is 0.442. The molecule has 30 heavy (non-hydrogen) atoms. The Morgan fingerprint density at radius 2 is 1.47 bits per heavy atom. The summed E-state index contributed by atoms with van der Waals surface area (Å²) >= 11 is 0. The van der Waals surface area contributed by atoms with E-state index in [1.165, 1.54) is 24.3 Å². The summed E-state index contributed by atoms with van der Waals surface area (Å²) in [5, 5.41) is 0.289. The number of carbonyl (C=O) groups excluding carboxylic acids is 1. The second-order valence-electron chi connectivity index (χ2n) is 5.75. The van der Waals surface area contributed by atoms with Crippen LogP contribution in [0.15, 0.2) is 42.5 Å². The van der Waals surface area contributed by atoms with Crippen molar-refractivity contribution in [3.8, 4) is 5.75 Å². The Hall–Kier alpha value is -1.52. The monoisotopic (exact) mass is 446 g/mol. The summed E-state index contributed by atoms with van der Waals surface area (Å²) in [6, 6.07) is 7.42. The number of carbonyl (C=O) groups is 1. The fourth-order valence-electron chi connectivity index (χ4n) is 2.46. The summed E-state index contributed by atoms with van der Waals surface area (Å²) in [6.07, 6.45) is -10.2. The van der Waals surface area contributed by atoms with Crippen LogP contribution in [-0.2, 0) is 17.1 Å². The second kappa shape index (κ2) is 11.2. The number of halogens is 6. The van der Waals surface area contributed by atoms with Crippen LogP contribution in [0.25, 0.3) is 0 Å². The average molecular weight is 446 g/mol. The fraction of sp³-hybridized carbons (Fsp3) is 0.316. The third-order valence-electron chi connectivity index (χ3n) is 3.72. The van der Waals surface area contributed by atoms with Crippen LogP contribution in [-0.4, -0.2) is 25.3 Å². The molecule has 0 radical (unpaired) electrons. The van der Waals surface area contributed by atoms with E-state index in [0.29, 0.717) is 37.2 Å². The van der Waals surface area contributed by atoms with E-state index in [-0.39, 0.29) is 32.2 Å². The van der Waals surface area contributed by atoms with Gasteiger partial charge in [-0.15, -0.1) is 0 Å². The first-order valence-electron chi connectivity index (χ1n) is 8.43. The Labute approximate surface area is 184 Å². The van der Waals surface area contributed by atoms with E-state index >= 15 is 0 Å². The summed E-state index contributed by atoms with van der Waals surface area (Å²) in [4.78, 5) is 12.4. The number of hydrogen-bond donors (Lipinski definition) is 0. The minimum atomic E-state index is -5.09. The molecule has 2 aromatic rings. The Balaban J connectivity index is 0.00000450. The van der Waals surface area contributed by atoms with E-state index in [1.807, 2.05) is 6.92 Å². The van der Waals surface area contributed by atoms with E-state index in [1.54, 1.807) is 0 Å². The molecule has 0 fully saturated rings. The SMILES string of the molecule is CCOCCOc1ccc(PC(=O)c2c(C(F)(F)F)cccc2C(F)(F)F)cc1.[H-].[Li+]. The third kappa shape index (κ3) is 7.31.